The van der Waals surface area contributed by atoms with Gasteiger partial charge in [0.15, 0.2) is 0 Å². The van der Waals surface area contributed by atoms with Crippen LogP contribution in [0.25, 0.3) is 0 Å². The first kappa shape index (κ1) is 11.9. The summed E-state index contributed by atoms with van der Waals surface area (Å²) in [5.41, 5.74) is 0. The van der Waals surface area contributed by atoms with E-state index in [2.05, 4.69) is 14.8 Å². The number of anilines is 1. The predicted molar refractivity (Wildman–Crippen MR) is 62.2 cm³/mol. The molecule has 0 saturated carbocycles. The second kappa shape index (κ2) is 4.04. The van der Waals surface area contributed by atoms with Crippen molar-refractivity contribution >= 4 is 27.4 Å². The maximum Gasteiger partial charge on any atom is 0.283 e. The van der Waals surface area contributed by atoms with Crippen LogP contribution in [0.3, 0.4) is 0 Å². The lowest BCUT2D eigenvalue weighted by molar-refractivity contribution is 0.597. The van der Waals surface area contributed by atoms with Gasteiger partial charge in [0.2, 0.25) is 5.03 Å². The van der Waals surface area contributed by atoms with E-state index in [0.717, 1.165) is 0 Å². The van der Waals surface area contributed by atoms with E-state index >= 15 is 0 Å². The van der Waals surface area contributed by atoms with Gasteiger partial charge in [-0.1, -0.05) is 11.6 Å². The summed E-state index contributed by atoms with van der Waals surface area (Å²) >= 11 is 5.83. The van der Waals surface area contributed by atoms with Crippen molar-refractivity contribution in [3.8, 4) is 0 Å². The lowest BCUT2D eigenvalue weighted by Gasteiger charge is -2.06. The maximum atomic E-state index is 12.0. The lowest BCUT2D eigenvalue weighted by atomic mass is 10.7. The van der Waals surface area contributed by atoms with Gasteiger partial charge in [0, 0.05) is 20.2 Å². The number of nitrogens with zero attached hydrogens (tertiary/aromatic N) is 4. The molecule has 0 aliphatic carbocycles. The van der Waals surface area contributed by atoms with Crippen LogP contribution in [0.5, 0.6) is 0 Å². The molecule has 0 aliphatic heterocycles. The van der Waals surface area contributed by atoms with Crippen molar-refractivity contribution in [2.75, 3.05) is 4.72 Å². The van der Waals surface area contributed by atoms with Crippen molar-refractivity contribution in [2.45, 2.75) is 5.03 Å². The Bertz CT molecular complexity index is 645. The van der Waals surface area contributed by atoms with Gasteiger partial charge < -0.3 is 4.57 Å². The average Bonchev–Trinajstić information content (AvgIpc) is 2.76. The minimum Gasteiger partial charge on any atom is -0.324 e. The van der Waals surface area contributed by atoms with Gasteiger partial charge in [0.05, 0.1) is 12.5 Å². The summed E-state index contributed by atoms with van der Waals surface area (Å²) in [6.45, 7) is 0. The van der Waals surface area contributed by atoms with Crippen LogP contribution in [0.1, 0.15) is 0 Å². The van der Waals surface area contributed by atoms with Crippen molar-refractivity contribution in [3.05, 3.63) is 23.7 Å². The van der Waals surface area contributed by atoms with Gasteiger partial charge in [-0.3, -0.25) is 9.40 Å². The van der Waals surface area contributed by atoms with Crippen LogP contribution in [0.15, 0.2) is 23.6 Å². The Morgan fingerprint density at radius 1 is 1.41 bits per heavy atom. The number of nitrogens with one attached hydrogen (secondary N) is 1. The number of hydrogen-bond donors (Lipinski definition) is 1. The Kier molecular flexibility index (Phi) is 2.84. The fourth-order valence-electron chi connectivity index (χ4n) is 1.23. The third-order valence-corrected chi connectivity index (χ3v) is 3.99. The van der Waals surface area contributed by atoms with Gasteiger partial charge in [-0.2, -0.15) is 13.5 Å². The van der Waals surface area contributed by atoms with Gasteiger partial charge >= 0.3 is 0 Å². The summed E-state index contributed by atoms with van der Waals surface area (Å²) in [7, 11) is -0.558. The van der Waals surface area contributed by atoms with Gasteiger partial charge in [0.25, 0.3) is 10.0 Å². The molecule has 1 N–H and O–H groups in total. The number of rotatable bonds is 3. The molecule has 2 heterocycles. The van der Waals surface area contributed by atoms with Gasteiger partial charge in [-0.05, 0) is 0 Å². The zero-order valence-electron chi connectivity index (χ0n) is 9.12. The molecule has 2 aromatic rings. The number of halogens is 1. The number of hydrogen-bond acceptors (Lipinski definition) is 4. The van der Waals surface area contributed by atoms with E-state index in [1.165, 1.54) is 27.8 Å². The van der Waals surface area contributed by atoms with Crippen molar-refractivity contribution in [2.24, 2.45) is 14.1 Å². The Hall–Kier alpha value is -1.54. The van der Waals surface area contributed by atoms with Gasteiger partial charge in [0.1, 0.15) is 11.0 Å². The van der Waals surface area contributed by atoms with E-state index < -0.39 is 10.0 Å². The number of aryl methyl sites for hydroxylation is 2. The minimum absolute atomic E-state index is 0.0552. The largest absolute Gasteiger partial charge is 0.324 e. The van der Waals surface area contributed by atoms with Crippen molar-refractivity contribution in [1.29, 1.82) is 0 Å². The minimum atomic E-state index is -3.79. The summed E-state index contributed by atoms with van der Waals surface area (Å²) in [5.74, 6) is 0.340. The Labute approximate surface area is 103 Å². The highest BCUT2D eigenvalue weighted by molar-refractivity contribution is 7.92. The van der Waals surface area contributed by atoms with Crippen LogP contribution < -0.4 is 4.72 Å². The first-order valence-corrected chi connectivity index (χ1v) is 6.45. The number of aromatic nitrogens is 4. The molecular weight excluding hydrogens is 266 g/mol. The van der Waals surface area contributed by atoms with Crippen molar-refractivity contribution in [1.82, 2.24) is 19.3 Å². The summed E-state index contributed by atoms with van der Waals surface area (Å²) in [4.78, 5) is 3.75. The molecule has 17 heavy (non-hydrogen) atoms. The van der Waals surface area contributed by atoms with E-state index in [1.807, 2.05) is 0 Å². The normalized spacial score (nSPS) is 11.7. The van der Waals surface area contributed by atoms with Crippen molar-refractivity contribution < 1.29 is 8.42 Å². The fourth-order valence-corrected chi connectivity index (χ4v) is 2.76. The highest BCUT2D eigenvalue weighted by atomic mass is 35.5. The molecule has 0 bridgehead atoms. The molecule has 0 atom stereocenters. The second-order valence-electron chi connectivity index (χ2n) is 3.40. The molecule has 0 spiro atoms. The Morgan fingerprint density at radius 3 is 2.59 bits per heavy atom. The summed E-state index contributed by atoms with van der Waals surface area (Å²) in [6.07, 6.45) is 2.82. The summed E-state index contributed by atoms with van der Waals surface area (Å²) in [6, 6.07) is 1.54. The smallest absolute Gasteiger partial charge is 0.283 e. The molecular formula is C8H10ClN5O2S. The molecule has 0 fully saturated rings. The van der Waals surface area contributed by atoms with Crippen LogP contribution >= 0.6 is 11.6 Å². The lowest BCUT2D eigenvalue weighted by Crippen LogP contribution is -2.16. The first-order valence-electron chi connectivity index (χ1n) is 4.59. The molecule has 0 aliphatic rings. The third-order valence-electron chi connectivity index (χ3n) is 2.15. The van der Waals surface area contributed by atoms with E-state index in [0.29, 0.717) is 5.82 Å². The van der Waals surface area contributed by atoms with Crippen LogP contribution in [0, 0.1) is 0 Å². The second-order valence-corrected chi connectivity index (χ2v) is 5.35. The number of sulfonamides is 1. The van der Waals surface area contributed by atoms with Crippen molar-refractivity contribution in [3.63, 3.8) is 0 Å². The van der Waals surface area contributed by atoms with Crippen LogP contribution in [0.4, 0.5) is 5.82 Å². The Morgan fingerprint density at radius 2 is 2.12 bits per heavy atom. The molecule has 2 rings (SSSR count). The molecule has 0 aromatic carbocycles. The maximum absolute atomic E-state index is 12.0. The standard InChI is InChI=1S/C8H10ClN5O2S/c1-13-5-10-8(7(13)9)17(15,16)12-6-3-4-11-14(6)2/h3-5,12H,1-2H3. The third kappa shape index (κ3) is 2.13. The molecule has 0 amide bonds. The monoisotopic (exact) mass is 275 g/mol. The molecule has 2 aromatic heterocycles. The average molecular weight is 276 g/mol. The predicted octanol–water partition coefficient (Wildman–Crippen LogP) is 0.608. The summed E-state index contributed by atoms with van der Waals surface area (Å²) in [5, 5.41) is 3.70. The van der Waals surface area contributed by atoms with Crippen LogP contribution in [-0.4, -0.2) is 27.7 Å². The van der Waals surface area contributed by atoms with Gasteiger partial charge in [-0.25, -0.2) is 4.98 Å². The van der Waals surface area contributed by atoms with E-state index in [9.17, 15) is 8.42 Å². The van der Waals surface area contributed by atoms with Crippen LogP contribution in [0.2, 0.25) is 5.15 Å². The number of imidazole rings is 1. The quantitative estimate of drug-likeness (QED) is 0.890. The van der Waals surface area contributed by atoms with Crippen LogP contribution in [-0.2, 0) is 24.1 Å². The van der Waals surface area contributed by atoms with Gasteiger partial charge in [-0.15, -0.1) is 0 Å². The SMILES string of the molecule is Cn1cnc(S(=O)(=O)Nc2ccnn2C)c1Cl. The molecule has 0 saturated heterocycles. The van der Waals surface area contributed by atoms with E-state index in [1.54, 1.807) is 14.1 Å². The highest BCUT2D eigenvalue weighted by Gasteiger charge is 2.23. The summed E-state index contributed by atoms with van der Waals surface area (Å²) < 4.78 is 29.1. The first-order chi connectivity index (χ1) is 7.92. The molecule has 9 heteroatoms. The zero-order valence-corrected chi connectivity index (χ0v) is 10.7. The molecule has 7 nitrogen and oxygen atoms in total. The Balaban J connectivity index is 2.38. The molecule has 92 valence electrons. The van der Waals surface area contributed by atoms with E-state index in [-0.39, 0.29) is 10.2 Å². The zero-order chi connectivity index (χ0) is 12.6. The topological polar surface area (TPSA) is 81.8 Å². The molecule has 0 unspecified atom stereocenters. The molecule has 0 radical (unpaired) electrons. The van der Waals surface area contributed by atoms with E-state index in [4.69, 9.17) is 11.6 Å². The fraction of sp³-hybridized carbons (Fsp3) is 0.250. The highest BCUT2D eigenvalue weighted by Crippen LogP contribution is 2.21.